The fourth-order valence-electron chi connectivity index (χ4n) is 5.66. The predicted molar refractivity (Wildman–Crippen MR) is 127 cm³/mol. The highest BCUT2D eigenvalue weighted by molar-refractivity contribution is 5.77. The van der Waals surface area contributed by atoms with Crippen molar-refractivity contribution in [1.82, 2.24) is 0 Å². The largest absolute Gasteiger partial charge is 0.486 e. The number of hydrogen-bond acceptors (Lipinski definition) is 3. The summed E-state index contributed by atoms with van der Waals surface area (Å²) >= 11 is 0. The van der Waals surface area contributed by atoms with E-state index in [1.54, 1.807) is 12.1 Å². The first kappa shape index (κ1) is 22.2. The molecule has 1 N–H and O–H groups in total. The van der Waals surface area contributed by atoms with Gasteiger partial charge in [0.1, 0.15) is 17.7 Å². The van der Waals surface area contributed by atoms with E-state index in [0.29, 0.717) is 36.1 Å². The number of aliphatic carboxylic acids is 1. The fraction of sp³-hybridized carbons (Fsp3) is 0.310. The molecule has 0 aromatic heterocycles. The highest BCUT2D eigenvalue weighted by Gasteiger charge is 2.58. The first-order valence-electron chi connectivity index (χ1n) is 11.7. The van der Waals surface area contributed by atoms with Crippen molar-refractivity contribution in [2.45, 2.75) is 51.0 Å². The Hall–Kier alpha value is -3.65. The zero-order valence-corrected chi connectivity index (χ0v) is 19.3. The minimum atomic E-state index is -0.744. The van der Waals surface area contributed by atoms with E-state index >= 15 is 0 Å². The summed E-state index contributed by atoms with van der Waals surface area (Å²) < 4.78 is 21.2. The molecule has 0 amide bonds. The van der Waals surface area contributed by atoms with Gasteiger partial charge in [-0.15, -0.1) is 0 Å². The van der Waals surface area contributed by atoms with Gasteiger partial charge in [0.25, 0.3) is 0 Å². The molecule has 172 valence electrons. The Labute approximate surface area is 198 Å². The number of halogens is 1. The van der Waals surface area contributed by atoms with Crippen molar-refractivity contribution in [3.05, 3.63) is 88.2 Å². The van der Waals surface area contributed by atoms with Crippen molar-refractivity contribution in [3.63, 3.8) is 0 Å². The number of ether oxygens (including phenoxy) is 1. The second-order valence-corrected chi connectivity index (χ2v) is 9.35. The van der Waals surface area contributed by atoms with Gasteiger partial charge in [-0.3, -0.25) is 4.79 Å². The smallest absolute Gasteiger partial charge is 0.307 e. The van der Waals surface area contributed by atoms with Crippen LogP contribution in [0.1, 0.15) is 60.1 Å². The van der Waals surface area contributed by atoms with E-state index in [4.69, 9.17) is 4.74 Å². The minimum Gasteiger partial charge on any atom is -0.486 e. The van der Waals surface area contributed by atoms with Crippen LogP contribution in [0.4, 0.5) is 4.39 Å². The van der Waals surface area contributed by atoms with Gasteiger partial charge in [0.2, 0.25) is 0 Å². The average Bonchev–Trinajstić information content (AvgIpc) is 3.46. The Balaban J connectivity index is 1.43. The van der Waals surface area contributed by atoms with Gasteiger partial charge in [-0.05, 0) is 84.7 Å². The number of fused-ring (bicyclic) bond motifs is 1. The van der Waals surface area contributed by atoms with Gasteiger partial charge < -0.3 is 9.84 Å². The zero-order valence-electron chi connectivity index (χ0n) is 19.3. The van der Waals surface area contributed by atoms with E-state index in [2.05, 4.69) is 6.07 Å². The van der Waals surface area contributed by atoms with Crippen molar-refractivity contribution in [1.29, 1.82) is 5.26 Å². The number of carboxylic acids is 1. The molecule has 2 aliphatic rings. The molecular formula is C29H26FNO3. The summed E-state index contributed by atoms with van der Waals surface area (Å²) in [6, 6.07) is 18.8. The number of nitriles is 1. The van der Waals surface area contributed by atoms with Crippen LogP contribution in [0.5, 0.6) is 5.75 Å². The molecule has 1 saturated carbocycles. The van der Waals surface area contributed by atoms with E-state index < -0.39 is 12.1 Å². The van der Waals surface area contributed by atoms with E-state index in [0.717, 1.165) is 34.2 Å². The van der Waals surface area contributed by atoms with Crippen LogP contribution in [-0.4, -0.2) is 11.1 Å². The molecular weight excluding hydrogens is 429 g/mol. The summed E-state index contributed by atoms with van der Waals surface area (Å²) in [6.45, 7) is 3.95. The van der Waals surface area contributed by atoms with Gasteiger partial charge in [-0.25, -0.2) is 4.39 Å². The topological polar surface area (TPSA) is 70.3 Å². The molecule has 5 heteroatoms. The third kappa shape index (κ3) is 3.45. The molecule has 1 fully saturated rings. The van der Waals surface area contributed by atoms with Crippen LogP contribution in [0.15, 0.2) is 54.6 Å². The van der Waals surface area contributed by atoms with Crippen LogP contribution in [0.25, 0.3) is 11.1 Å². The van der Waals surface area contributed by atoms with Crippen molar-refractivity contribution in [2.24, 2.45) is 5.92 Å². The Kier molecular flexibility index (Phi) is 5.40. The molecule has 2 aliphatic carbocycles. The van der Waals surface area contributed by atoms with Crippen LogP contribution >= 0.6 is 0 Å². The van der Waals surface area contributed by atoms with Gasteiger partial charge in [0.05, 0.1) is 17.6 Å². The fourth-order valence-corrected chi connectivity index (χ4v) is 5.66. The second kappa shape index (κ2) is 8.29. The number of nitrogens with zero attached hydrogens (tertiary/aromatic N) is 1. The van der Waals surface area contributed by atoms with Gasteiger partial charge in [0.15, 0.2) is 0 Å². The third-order valence-electron chi connectivity index (χ3n) is 7.74. The maximum atomic E-state index is 15.0. The van der Waals surface area contributed by atoms with Gasteiger partial charge in [-0.2, -0.15) is 5.26 Å². The number of benzene rings is 3. The highest BCUT2D eigenvalue weighted by atomic mass is 19.1. The lowest BCUT2D eigenvalue weighted by Crippen LogP contribution is -2.14. The number of hydrogen-bond donors (Lipinski definition) is 1. The molecule has 3 aromatic carbocycles. The Morgan fingerprint density at radius 2 is 1.94 bits per heavy atom. The van der Waals surface area contributed by atoms with E-state index in [-0.39, 0.29) is 17.2 Å². The first-order valence-corrected chi connectivity index (χ1v) is 11.7. The Bertz CT molecular complexity index is 1320. The summed E-state index contributed by atoms with van der Waals surface area (Å²) in [5.74, 6) is -0.708. The number of carbonyl (C=O) groups is 1. The normalized spacial score (nSPS) is 22.6. The monoisotopic (exact) mass is 455 g/mol. The van der Waals surface area contributed by atoms with Crippen LogP contribution in [0.2, 0.25) is 0 Å². The summed E-state index contributed by atoms with van der Waals surface area (Å²) in [4.78, 5) is 11.5. The Morgan fingerprint density at radius 1 is 1.18 bits per heavy atom. The number of carboxylic acid groups (broad SMARTS) is 1. The lowest BCUT2D eigenvalue weighted by molar-refractivity contribution is -0.139. The van der Waals surface area contributed by atoms with Crippen LogP contribution in [-0.2, 0) is 16.6 Å². The van der Waals surface area contributed by atoms with E-state index in [1.165, 1.54) is 6.07 Å². The van der Waals surface area contributed by atoms with E-state index in [1.807, 2.05) is 50.2 Å². The average molecular weight is 456 g/mol. The van der Waals surface area contributed by atoms with Gasteiger partial charge in [-0.1, -0.05) is 37.3 Å². The number of rotatable bonds is 6. The maximum absolute atomic E-state index is 15.0. The van der Waals surface area contributed by atoms with Crippen molar-refractivity contribution in [2.75, 3.05) is 0 Å². The molecule has 4 nitrogen and oxygen atoms in total. The first-order chi connectivity index (χ1) is 16.4. The van der Waals surface area contributed by atoms with Crippen molar-refractivity contribution < 1.29 is 19.0 Å². The minimum absolute atomic E-state index is 0.279. The third-order valence-corrected chi connectivity index (χ3v) is 7.74. The van der Waals surface area contributed by atoms with Gasteiger partial charge in [0, 0.05) is 11.0 Å². The molecule has 5 rings (SSSR count). The summed E-state index contributed by atoms with van der Waals surface area (Å²) in [7, 11) is 0. The zero-order chi connectivity index (χ0) is 24.0. The van der Waals surface area contributed by atoms with E-state index in [9.17, 15) is 19.6 Å². The quantitative estimate of drug-likeness (QED) is 0.461. The Morgan fingerprint density at radius 3 is 2.59 bits per heavy atom. The van der Waals surface area contributed by atoms with Gasteiger partial charge >= 0.3 is 5.97 Å². The van der Waals surface area contributed by atoms with Crippen LogP contribution < -0.4 is 4.74 Å². The molecule has 0 spiro atoms. The molecule has 0 radical (unpaired) electrons. The second-order valence-electron chi connectivity index (χ2n) is 9.35. The lowest BCUT2D eigenvalue weighted by Gasteiger charge is -2.19. The SMILES string of the molecule is CC[C@]1(c2ccc(O[C@@H]3CCc4c(-c5cccc(C#N)c5C)ccc(F)c43)cc2)C[C@@H]1C(=O)O. The standard InChI is InChI=1S/C29H26FNO3/c1-3-29(15-24(29)28(32)33)19-7-9-20(10-8-19)34-26-14-12-23-22(11-13-25(30)27(23)26)21-6-4-5-18(16-31)17(21)2/h4-11,13,24,26H,3,12,14-15H2,1-2H3,(H,32,33)/t24-,26-,29-/m1/s1. The summed E-state index contributed by atoms with van der Waals surface area (Å²) in [5.41, 5.74) is 5.65. The van der Waals surface area contributed by atoms with Crippen molar-refractivity contribution in [3.8, 4) is 22.9 Å². The molecule has 34 heavy (non-hydrogen) atoms. The summed E-state index contributed by atoms with van der Waals surface area (Å²) in [6.07, 6.45) is 2.41. The van der Waals surface area contributed by atoms with Crippen LogP contribution in [0.3, 0.4) is 0 Å². The molecule has 3 aromatic rings. The molecule has 3 atom stereocenters. The molecule has 0 aliphatic heterocycles. The molecule has 0 unspecified atom stereocenters. The highest BCUT2D eigenvalue weighted by Crippen LogP contribution is 2.57. The maximum Gasteiger partial charge on any atom is 0.307 e. The lowest BCUT2D eigenvalue weighted by atomic mass is 9.90. The molecule has 0 bridgehead atoms. The predicted octanol–water partition coefficient (Wildman–Crippen LogP) is 6.49. The summed E-state index contributed by atoms with van der Waals surface area (Å²) in [5, 5.41) is 18.8. The van der Waals surface area contributed by atoms with Crippen LogP contribution in [0, 0.1) is 30.0 Å². The molecule has 0 saturated heterocycles. The molecule has 0 heterocycles. The van der Waals surface area contributed by atoms with Crippen molar-refractivity contribution >= 4 is 5.97 Å².